The van der Waals surface area contributed by atoms with Crippen LogP contribution >= 0.6 is 0 Å². The zero-order valence-corrected chi connectivity index (χ0v) is 11.0. The Hall–Kier alpha value is -1.76. The Labute approximate surface area is 114 Å². The molecule has 0 fully saturated rings. The van der Waals surface area contributed by atoms with E-state index in [2.05, 4.69) is 0 Å². The zero-order chi connectivity index (χ0) is 15.2. The molecule has 20 heavy (non-hydrogen) atoms. The van der Waals surface area contributed by atoms with Crippen LogP contribution in [0.1, 0.15) is 29.3 Å². The normalized spacial score (nSPS) is 11.4. The summed E-state index contributed by atoms with van der Waals surface area (Å²) in [7, 11) is 0. The zero-order valence-electron chi connectivity index (χ0n) is 11.0. The Balaban J connectivity index is 2.66. The number of carbonyl (C=O) groups is 1. The molecule has 1 aromatic carbocycles. The number of hydrogen-bond donors (Lipinski definition) is 1. The minimum atomic E-state index is -4.56. The van der Waals surface area contributed by atoms with Crippen molar-refractivity contribution >= 4 is 11.7 Å². The maximum atomic E-state index is 12.6. The third-order valence-electron chi connectivity index (χ3n) is 2.33. The van der Waals surface area contributed by atoms with E-state index >= 15 is 0 Å². The van der Waals surface area contributed by atoms with Crippen molar-refractivity contribution in [1.82, 2.24) is 0 Å². The lowest BCUT2D eigenvalue weighted by Crippen LogP contribution is -2.13. The van der Waals surface area contributed by atoms with Crippen molar-refractivity contribution < 1.29 is 27.4 Å². The average molecular weight is 291 g/mol. The van der Waals surface area contributed by atoms with E-state index in [1.165, 1.54) is 0 Å². The van der Waals surface area contributed by atoms with Gasteiger partial charge in [-0.15, -0.1) is 0 Å². The van der Waals surface area contributed by atoms with Gasteiger partial charge in [-0.3, -0.25) is 0 Å². The van der Waals surface area contributed by atoms with Crippen molar-refractivity contribution in [3.63, 3.8) is 0 Å². The van der Waals surface area contributed by atoms with E-state index in [0.717, 1.165) is 18.6 Å². The SMILES string of the molecule is CCCOCCOC(=O)c1cc(N)cc(C(F)(F)F)c1. The molecule has 0 atom stereocenters. The van der Waals surface area contributed by atoms with Crippen LogP contribution in [-0.2, 0) is 15.7 Å². The Morgan fingerprint density at radius 3 is 2.50 bits per heavy atom. The molecule has 0 unspecified atom stereocenters. The van der Waals surface area contributed by atoms with Gasteiger partial charge in [-0.1, -0.05) is 6.92 Å². The number of benzene rings is 1. The fourth-order valence-corrected chi connectivity index (χ4v) is 1.46. The van der Waals surface area contributed by atoms with Gasteiger partial charge in [-0.05, 0) is 24.6 Å². The molecule has 0 spiro atoms. The molecule has 0 aromatic heterocycles. The molecule has 0 bridgehead atoms. The van der Waals surface area contributed by atoms with Crippen LogP contribution in [0.15, 0.2) is 18.2 Å². The van der Waals surface area contributed by atoms with Crippen LogP contribution in [0.4, 0.5) is 18.9 Å². The number of carbonyl (C=O) groups excluding carboxylic acids is 1. The molecular weight excluding hydrogens is 275 g/mol. The molecule has 0 amide bonds. The predicted octanol–water partition coefficient (Wildman–Crippen LogP) is 2.87. The number of rotatable bonds is 6. The lowest BCUT2D eigenvalue weighted by atomic mass is 10.1. The summed E-state index contributed by atoms with van der Waals surface area (Å²) in [4.78, 5) is 11.6. The minimum Gasteiger partial charge on any atom is -0.460 e. The summed E-state index contributed by atoms with van der Waals surface area (Å²) >= 11 is 0. The van der Waals surface area contributed by atoms with Crippen molar-refractivity contribution in [2.24, 2.45) is 0 Å². The molecule has 112 valence electrons. The molecule has 1 aromatic rings. The molecule has 0 aliphatic heterocycles. The Morgan fingerprint density at radius 2 is 1.90 bits per heavy atom. The first kappa shape index (κ1) is 16.3. The third kappa shape index (κ3) is 5.08. The summed E-state index contributed by atoms with van der Waals surface area (Å²) in [6, 6.07) is 2.62. The largest absolute Gasteiger partial charge is 0.460 e. The number of hydrogen-bond acceptors (Lipinski definition) is 4. The van der Waals surface area contributed by atoms with Crippen molar-refractivity contribution in [3.8, 4) is 0 Å². The first-order valence-corrected chi connectivity index (χ1v) is 6.07. The maximum Gasteiger partial charge on any atom is 0.416 e. The van der Waals surface area contributed by atoms with E-state index in [1.54, 1.807) is 0 Å². The highest BCUT2D eigenvalue weighted by atomic mass is 19.4. The minimum absolute atomic E-state index is 0.0189. The highest BCUT2D eigenvalue weighted by Gasteiger charge is 2.31. The molecule has 0 aliphatic carbocycles. The van der Waals surface area contributed by atoms with E-state index in [-0.39, 0.29) is 24.5 Å². The van der Waals surface area contributed by atoms with Crippen molar-refractivity contribution in [2.45, 2.75) is 19.5 Å². The second-order valence-corrected chi connectivity index (χ2v) is 4.09. The number of nitrogen functional groups attached to an aromatic ring is 1. The van der Waals surface area contributed by atoms with Crippen LogP contribution in [0.5, 0.6) is 0 Å². The van der Waals surface area contributed by atoms with E-state index in [0.29, 0.717) is 12.7 Å². The second kappa shape index (κ2) is 7.14. The van der Waals surface area contributed by atoms with Gasteiger partial charge in [-0.25, -0.2) is 4.79 Å². The highest BCUT2D eigenvalue weighted by Crippen LogP contribution is 2.31. The van der Waals surface area contributed by atoms with Crippen LogP contribution in [0.2, 0.25) is 0 Å². The van der Waals surface area contributed by atoms with E-state index in [4.69, 9.17) is 15.2 Å². The molecule has 2 N–H and O–H groups in total. The smallest absolute Gasteiger partial charge is 0.416 e. The fraction of sp³-hybridized carbons (Fsp3) is 0.462. The van der Waals surface area contributed by atoms with Gasteiger partial charge in [0, 0.05) is 12.3 Å². The number of halogens is 3. The van der Waals surface area contributed by atoms with Crippen LogP contribution < -0.4 is 5.73 Å². The summed E-state index contributed by atoms with van der Waals surface area (Å²) in [5.41, 5.74) is 4.00. The summed E-state index contributed by atoms with van der Waals surface area (Å²) in [5.74, 6) is -0.858. The first-order chi connectivity index (χ1) is 9.34. The number of nitrogens with two attached hydrogens (primary N) is 1. The van der Waals surface area contributed by atoms with Gasteiger partial charge in [0.05, 0.1) is 17.7 Å². The summed E-state index contributed by atoms with van der Waals surface area (Å²) in [5, 5.41) is 0. The molecule has 4 nitrogen and oxygen atoms in total. The summed E-state index contributed by atoms with van der Waals surface area (Å²) in [6.07, 6.45) is -3.73. The topological polar surface area (TPSA) is 61.5 Å². The van der Waals surface area contributed by atoms with Crippen LogP contribution in [-0.4, -0.2) is 25.8 Å². The lowest BCUT2D eigenvalue weighted by Gasteiger charge is -2.10. The average Bonchev–Trinajstić information content (AvgIpc) is 2.36. The predicted molar refractivity (Wildman–Crippen MR) is 67.2 cm³/mol. The second-order valence-electron chi connectivity index (χ2n) is 4.09. The number of ether oxygens (including phenoxy) is 2. The molecule has 0 saturated carbocycles. The third-order valence-corrected chi connectivity index (χ3v) is 2.33. The van der Waals surface area contributed by atoms with E-state index in [9.17, 15) is 18.0 Å². The monoisotopic (exact) mass is 291 g/mol. The number of anilines is 1. The van der Waals surface area contributed by atoms with Crippen LogP contribution in [0.25, 0.3) is 0 Å². The molecule has 0 saturated heterocycles. The molecule has 1 rings (SSSR count). The fourth-order valence-electron chi connectivity index (χ4n) is 1.46. The first-order valence-electron chi connectivity index (χ1n) is 6.07. The van der Waals surface area contributed by atoms with Crippen LogP contribution in [0, 0.1) is 0 Å². The number of esters is 1. The molecule has 7 heteroatoms. The highest BCUT2D eigenvalue weighted by molar-refractivity contribution is 5.90. The molecule has 0 heterocycles. The van der Waals surface area contributed by atoms with Crippen molar-refractivity contribution in [2.75, 3.05) is 25.6 Å². The standard InChI is InChI=1S/C13H16F3NO3/c1-2-3-19-4-5-20-12(18)9-6-10(13(14,15)16)8-11(17)7-9/h6-8H,2-5,17H2,1H3. The quantitative estimate of drug-likeness (QED) is 0.497. The van der Waals surface area contributed by atoms with Crippen molar-refractivity contribution in [3.05, 3.63) is 29.3 Å². The van der Waals surface area contributed by atoms with Gasteiger partial charge in [-0.2, -0.15) is 13.2 Å². The Kier molecular flexibility index (Phi) is 5.82. The lowest BCUT2D eigenvalue weighted by molar-refractivity contribution is -0.137. The summed E-state index contributed by atoms with van der Waals surface area (Å²) in [6.45, 7) is 2.65. The van der Waals surface area contributed by atoms with Crippen molar-refractivity contribution in [1.29, 1.82) is 0 Å². The van der Waals surface area contributed by atoms with Gasteiger partial charge in [0.15, 0.2) is 0 Å². The molecule has 0 aliphatic rings. The maximum absolute atomic E-state index is 12.6. The Morgan fingerprint density at radius 1 is 1.20 bits per heavy atom. The van der Waals surface area contributed by atoms with Crippen LogP contribution in [0.3, 0.4) is 0 Å². The van der Waals surface area contributed by atoms with Gasteiger partial charge in [0.25, 0.3) is 0 Å². The van der Waals surface area contributed by atoms with Gasteiger partial charge in [0.1, 0.15) is 6.61 Å². The van der Waals surface area contributed by atoms with E-state index in [1.807, 2.05) is 6.92 Å². The summed E-state index contributed by atoms with van der Waals surface area (Å²) < 4.78 is 47.6. The Bertz CT molecular complexity index is 461. The van der Waals surface area contributed by atoms with Gasteiger partial charge >= 0.3 is 12.1 Å². The van der Waals surface area contributed by atoms with E-state index < -0.39 is 17.7 Å². The molecular formula is C13H16F3NO3. The van der Waals surface area contributed by atoms with Gasteiger partial charge in [0.2, 0.25) is 0 Å². The molecule has 0 radical (unpaired) electrons. The van der Waals surface area contributed by atoms with Gasteiger partial charge < -0.3 is 15.2 Å². The number of alkyl halides is 3.